The predicted molar refractivity (Wildman–Crippen MR) is 160 cm³/mol. The largest absolute Gasteiger partial charge is 0.458 e. The first-order valence-electron chi connectivity index (χ1n) is 13.9. The lowest BCUT2D eigenvalue weighted by Gasteiger charge is -2.26. The van der Waals surface area contributed by atoms with Crippen LogP contribution >= 0.6 is 0 Å². The summed E-state index contributed by atoms with van der Waals surface area (Å²) in [5.74, 6) is -1.67. The number of methoxy groups -OCH3 is 1. The van der Waals surface area contributed by atoms with E-state index >= 15 is 0 Å². The third kappa shape index (κ3) is 9.82. The average molecular weight is 611 g/mol. The first-order chi connectivity index (χ1) is 20.6. The second kappa shape index (κ2) is 14.0. The van der Waals surface area contributed by atoms with Crippen LogP contribution in [0.1, 0.15) is 70.3 Å². The van der Waals surface area contributed by atoms with Gasteiger partial charge >= 0.3 is 24.1 Å². The first-order valence-corrected chi connectivity index (χ1v) is 13.9. The fraction of sp³-hybridized carbons (Fsp3) is 0.419. The van der Waals surface area contributed by atoms with Gasteiger partial charge in [-0.1, -0.05) is 30.3 Å². The molecule has 0 saturated carbocycles. The van der Waals surface area contributed by atoms with Gasteiger partial charge in [0.1, 0.15) is 17.2 Å². The van der Waals surface area contributed by atoms with Crippen LogP contribution in [0.5, 0.6) is 0 Å². The molecular formula is C31H38N4O9. The number of fused-ring (bicyclic) bond motifs is 1. The molecule has 1 atom stereocenters. The molecule has 2 aromatic carbocycles. The van der Waals surface area contributed by atoms with Crippen molar-refractivity contribution >= 4 is 46.9 Å². The van der Waals surface area contributed by atoms with E-state index in [-0.39, 0.29) is 24.6 Å². The lowest BCUT2D eigenvalue weighted by molar-refractivity contribution is -0.158. The monoisotopic (exact) mass is 610 g/mol. The molecule has 44 heavy (non-hydrogen) atoms. The predicted octanol–water partition coefficient (Wildman–Crippen LogP) is 4.96. The summed E-state index contributed by atoms with van der Waals surface area (Å²) in [6, 6.07) is 12.3. The summed E-state index contributed by atoms with van der Waals surface area (Å²) in [6.45, 7) is 9.67. The fourth-order valence-electron chi connectivity index (χ4n) is 3.93. The Kier molecular flexibility index (Phi) is 10.7. The van der Waals surface area contributed by atoms with Gasteiger partial charge in [0.25, 0.3) is 0 Å². The summed E-state index contributed by atoms with van der Waals surface area (Å²) < 4.78 is 22.2. The van der Waals surface area contributed by atoms with Crippen molar-refractivity contribution in [1.82, 2.24) is 14.9 Å². The smallest absolute Gasteiger partial charge is 0.413 e. The Hall–Kier alpha value is -4.94. The van der Waals surface area contributed by atoms with Crippen molar-refractivity contribution in [3.05, 3.63) is 59.7 Å². The van der Waals surface area contributed by atoms with Crippen LogP contribution in [0.3, 0.4) is 0 Å². The van der Waals surface area contributed by atoms with Gasteiger partial charge in [0, 0.05) is 17.5 Å². The van der Waals surface area contributed by atoms with Crippen LogP contribution in [0.15, 0.2) is 48.5 Å². The van der Waals surface area contributed by atoms with Gasteiger partial charge in [-0.2, -0.15) is 0 Å². The van der Waals surface area contributed by atoms with Gasteiger partial charge in [-0.3, -0.25) is 19.5 Å². The number of hydrogen-bond donors (Lipinski definition) is 2. The highest BCUT2D eigenvalue weighted by molar-refractivity contribution is 6.10. The normalized spacial score (nSPS) is 12.2. The summed E-state index contributed by atoms with van der Waals surface area (Å²) in [4.78, 5) is 67.4. The molecule has 1 aromatic heterocycles. The first kappa shape index (κ1) is 33.6. The van der Waals surface area contributed by atoms with Gasteiger partial charge in [-0.05, 0) is 66.2 Å². The molecule has 0 unspecified atom stereocenters. The minimum atomic E-state index is -1.19. The molecule has 3 aromatic rings. The number of esters is 2. The maximum atomic E-state index is 13.1. The van der Waals surface area contributed by atoms with Crippen LogP contribution in [0.25, 0.3) is 11.0 Å². The zero-order chi connectivity index (χ0) is 32.7. The van der Waals surface area contributed by atoms with E-state index in [9.17, 15) is 24.0 Å². The number of anilines is 1. The van der Waals surface area contributed by atoms with Crippen LogP contribution in [0, 0.1) is 0 Å². The summed E-state index contributed by atoms with van der Waals surface area (Å²) in [6.07, 6.45) is -2.06. The van der Waals surface area contributed by atoms with E-state index < -0.39 is 48.1 Å². The second-order valence-corrected chi connectivity index (χ2v) is 11.8. The molecule has 1 heterocycles. The SMILES string of the molecule is COC(=O)Nc1nc2ccc(C(=O)c3ccccc3)cc2n1COC(=O)CC[C@H](NC(=O)OC(C)(C)C)C(=O)OC(C)(C)C. The Morgan fingerprint density at radius 2 is 1.52 bits per heavy atom. The topological polar surface area (TPSA) is 164 Å². The molecule has 0 radical (unpaired) electrons. The number of carbonyl (C=O) groups excluding carboxylic acids is 5. The van der Waals surface area contributed by atoms with Gasteiger partial charge in [-0.15, -0.1) is 0 Å². The van der Waals surface area contributed by atoms with Crippen LogP contribution in [-0.4, -0.2) is 63.8 Å². The molecule has 0 spiro atoms. The van der Waals surface area contributed by atoms with Gasteiger partial charge in [0.2, 0.25) is 5.95 Å². The van der Waals surface area contributed by atoms with Crippen LogP contribution in [-0.2, 0) is 35.3 Å². The number of nitrogens with one attached hydrogen (secondary N) is 2. The Labute approximate surface area is 255 Å². The number of ether oxygens (including phenoxy) is 4. The van der Waals surface area contributed by atoms with Gasteiger partial charge < -0.3 is 24.3 Å². The number of alkyl carbamates (subject to hydrolysis) is 1. The Morgan fingerprint density at radius 1 is 0.864 bits per heavy atom. The van der Waals surface area contributed by atoms with E-state index in [4.69, 9.17) is 14.2 Å². The molecule has 0 saturated heterocycles. The number of aromatic nitrogens is 2. The number of rotatable bonds is 10. The Bertz CT molecular complexity index is 1520. The minimum Gasteiger partial charge on any atom is -0.458 e. The highest BCUT2D eigenvalue weighted by atomic mass is 16.6. The van der Waals surface area contributed by atoms with E-state index in [1.54, 1.807) is 90.1 Å². The highest BCUT2D eigenvalue weighted by Crippen LogP contribution is 2.23. The van der Waals surface area contributed by atoms with Crippen molar-refractivity contribution in [3.8, 4) is 0 Å². The van der Waals surface area contributed by atoms with E-state index in [2.05, 4.69) is 20.4 Å². The molecule has 2 amide bonds. The average Bonchev–Trinajstić information content (AvgIpc) is 3.27. The number of hydrogen-bond acceptors (Lipinski definition) is 10. The van der Waals surface area contributed by atoms with Gasteiger partial charge in [-0.25, -0.2) is 19.4 Å². The fourth-order valence-corrected chi connectivity index (χ4v) is 3.93. The van der Waals surface area contributed by atoms with Crippen LogP contribution < -0.4 is 10.6 Å². The van der Waals surface area contributed by atoms with E-state index in [0.29, 0.717) is 22.2 Å². The maximum absolute atomic E-state index is 13.1. The van der Waals surface area contributed by atoms with E-state index in [1.165, 1.54) is 11.7 Å². The van der Waals surface area contributed by atoms with Crippen molar-refractivity contribution < 1.29 is 42.9 Å². The molecule has 0 bridgehead atoms. The van der Waals surface area contributed by atoms with E-state index in [1.807, 2.05) is 0 Å². The molecule has 236 valence electrons. The summed E-state index contributed by atoms with van der Waals surface area (Å²) in [5, 5.41) is 4.93. The van der Waals surface area contributed by atoms with Crippen LogP contribution in [0.4, 0.5) is 15.5 Å². The second-order valence-electron chi connectivity index (χ2n) is 11.8. The molecule has 3 rings (SSSR count). The molecule has 0 aliphatic heterocycles. The molecule has 0 aliphatic rings. The highest BCUT2D eigenvalue weighted by Gasteiger charge is 2.29. The van der Waals surface area contributed by atoms with Crippen molar-refractivity contribution in [3.63, 3.8) is 0 Å². The van der Waals surface area contributed by atoms with Gasteiger partial charge in [0.15, 0.2) is 12.5 Å². The Balaban J connectivity index is 1.79. The van der Waals surface area contributed by atoms with Crippen LogP contribution in [0.2, 0.25) is 0 Å². The summed E-state index contributed by atoms with van der Waals surface area (Å²) in [5.41, 5.74) is 0.0210. The lowest BCUT2D eigenvalue weighted by atomic mass is 10.0. The number of ketones is 1. The summed E-state index contributed by atoms with van der Waals surface area (Å²) >= 11 is 0. The zero-order valence-electron chi connectivity index (χ0n) is 25.9. The molecule has 0 fully saturated rings. The standard InChI is InChI=1S/C31H38N4O9/c1-30(2,3)43-26(38)22(33-29(40)44-31(4,5)6)15-16-24(36)42-18-35-23-17-20(25(37)19-11-9-8-10-12-19)13-14-21(23)32-27(35)34-28(39)41-7/h8-14,17,22H,15-16,18H2,1-7H3,(H,33,40)(H,32,34,39)/t22-/m0/s1. The quantitative estimate of drug-likeness (QED) is 0.182. The third-order valence-electron chi connectivity index (χ3n) is 5.82. The molecule has 0 aliphatic carbocycles. The summed E-state index contributed by atoms with van der Waals surface area (Å²) in [7, 11) is 1.19. The van der Waals surface area contributed by atoms with Crippen molar-refractivity contribution in [2.24, 2.45) is 0 Å². The third-order valence-corrected chi connectivity index (χ3v) is 5.82. The maximum Gasteiger partial charge on any atom is 0.413 e. The zero-order valence-corrected chi connectivity index (χ0v) is 25.9. The molecule has 13 heteroatoms. The lowest BCUT2D eigenvalue weighted by Crippen LogP contribution is -2.46. The van der Waals surface area contributed by atoms with Crippen molar-refractivity contribution in [2.45, 2.75) is 78.4 Å². The van der Waals surface area contributed by atoms with Crippen molar-refractivity contribution in [1.29, 1.82) is 0 Å². The van der Waals surface area contributed by atoms with Gasteiger partial charge in [0.05, 0.1) is 18.1 Å². The number of imidazole rings is 1. The number of carbonyl (C=O) groups is 5. The van der Waals surface area contributed by atoms with Crippen molar-refractivity contribution in [2.75, 3.05) is 12.4 Å². The molecule has 13 nitrogen and oxygen atoms in total. The number of amides is 2. The minimum absolute atomic E-state index is 0.0159. The Morgan fingerprint density at radius 3 is 2.14 bits per heavy atom. The number of benzene rings is 2. The molecular weight excluding hydrogens is 572 g/mol. The number of nitrogens with zero attached hydrogens (tertiary/aromatic N) is 2. The molecule has 2 N–H and O–H groups in total. The van der Waals surface area contributed by atoms with E-state index in [0.717, 1.165) is 0 Å².